The van der Waals surface area contributed by atoms with Gasteiger partial charge in [0.1, 0.15) is 24.0 Å². The number of piperidine rings is 1. The lowest BCUT2D eigenvalue weighted by Gasteiger charge is -2.32. The molecule has 1 heterocycles. The van der Waals surface area contributed by atoms with Gasteiger partial charge in [-0.1, -0.05) is 23.8 Å². The minimum Gasteiger partial charge on any atom is -0.493 e. The van der Waals surface area contributed by atoms with Gasteiger partial charge in [-0.15, -0.1) is 0 Å². The van der Waals surface area contributed by atoms with E-state index >= 15 is 0 Å². The largest absolute Gasteiger partial charge is 0.493 e. The van der Waals surface area contributed by atoms with E-state index in [0.717, 1.165) is 42.2 Å². The van der Waals surface area contributed by atoms with E-state index in [-0.39, 0.29) is 11.8 Å². The smallest absolute Gasteiger partial charge is 0.220 e. The molecule has 1 aliphatic rings. The predicted octanol–water partition coefficient (Wildman–Crippen LogP) is 3.68. The van der Waals surface area contributed by atoms with E-state index in [9.17, 15) is 4.79 Å². The Balaban J connectivity index is 1.54. The van der Waals surface area contributed by atoms with E-state index in [1.165, 1.54) is 0 Å². The predicted molar refractivity (Wildman–Crippen MR) is 121 cm³/mol. The zero-order valence-electron chi connectivity index (χ0n) is 16.8. The van der Waals surface area contributed by atoms with Crippen molar-refractivity contribution in [2.75, 3.05) is 33.4 Å². The Morgan fingerprint density at radius 3 is 2.40 bits per heavy atom. The molecule has 6 nitrogen and oxygen atoms in total. The van der Waals surface area contributed by atoms with Crippen molar-refractivity contribution < 1.29 is 19.0 Å². The van der Waals surface area contributed by atoms with Crippen LogP contribution in [0.4, 0.5) is 0 Å². The molecule has 1 aliphatic heterocycles. The summed E-state index contributed by atoms with van der Waals surface area (Å²) in [5.41, 5.74) is 6.29. The molecule has 0 unspecified atom stereocenters. The molecule has 0 radical (unpaired) electrons. The maximum absolute atomic E-state index is 11.4. The molecular weight excluding hydrogens is 424 g/mol. The van der Waals surface area contributed by atoms with Gasteiger partial charge in [-0.25, -0.2) is 0 Å². The van der Waals surface area contributed by atoms with Gasteiger partial charge < -0.3 is 24.8 Å². The Labute approximate surface area is 186 Å². The summed E-state index contributed by atoms with van der Waals surface area (Å²) in [6, 6.07) is 12.8. The Kier molecular flexibility index (Phi) is 7.76. The van der Waals surface area contributed by atoms with Crippen molar-refractivity contribution in [2.24, 2.45) is 11.7 Å². The van der Waals surface area contributed by atoms with Gasteiger partial charge in [-0.2, -0.15) is 0 Å². The van der Waals surface area contributed by atoms with Crippen LogP contribution in [0.25, 0.3) is 0 Å². The van der Waals surface area contributed by atoms with Gasteiger partial charge in [0.15, 0.2) is 11.5 Å². The highest BCUT2D eigenvalue weighted by molar-refractivity contribution is 7.80. The van der Waals surface area contributed by atoms with E-state index < -0.39 is 0 Å². The molecule has 8 heteroatoms. The molecule has 160 valence electrons. The van der Waals surface area contributed by atoms with Crippen LogP contribution in [0, 0.1) is 5.92 Å². The average Bonchev–Trinajstić information content (AvgIpc) is 2.77. The molecule has 0 saturated carbocycles. The molecule has 2 aromatic carbocycles. The van der Waals surface area contributed by atoms with Gasteiger partial charge in [-0.05, 0) is 55.3 Å². The molecule has 2 aromatic rings. The fourth-order valence-corrected chi connectivity index (χ4v) is 3.75. The number of likely N-dealkylation sites (tertiary alicyclic amines) is 1. The third kappa shape index (κ3) is 5.77. The van der Waals surface area contributed by atoms with E-state index in [1.54, 1.807) is 19.2 Å². The van der Waals surface area contributed by atoms with Crippen LogP contribution in [0.15, 0.2) is 42.5 Å². The first-order valence-electron chi connectivity index (χ1n) is 9.75. The van der Waals surface area contributed by atoms with Crippen molar-refractivity contribution in [3.63, 3.8) is 0 Å². The summed E-state index contributed by atoms with van der Waals surface area (Å²) >= 11 is 11.5. The molecule has 30 heavy (non-hydrogen) atoms. The summed E-state index contributed by atoms with van der Waals surface area (Å²) in [5, 5.41) is 0.665. The number of ether oxygens (including phenoxy) is 3. The van der Waals surface area contributed by atoms with Crippen LogP contribution in [0.2, 0.25) is 5.02 Å². The highest BCUT2D eigenvalue weighted by Gasteiger charge is 2.25. The van der Waals surface area contributed by atoms with Gasteiger partial charge in [0.25, 0.3) is 0 Å². The summed E-state index contributed by atoms with van der Waals surface area (Å²) < 4.78 is 16.9. The molecule has 1 saturated heterocycles. The molecule has 1 amide bonds. The second-order valence-electron chi connectivity index (χ2n) is 6.99. The number of methoxy groups -OCH3 is 1. The highest BCUT2D eigenvalue weighted by atomic mass is 35.5. The Bertz CT molecular complexity index is 883. The van der Waals surface area contributed by atoms with Crippen molar-refractivity contribution >= 4 is 34.7 Å². The van der Waals surface area contributed by atoms with Gasteiger partial charge >= 0.3 is 0 Å². The fraction of sp³-hybridized carbons (Fsp3) is 0.364. The van der Waals surface area contributed by atoms with Gasteiger partial charge in [0.2, 0.25) is 5.91 Å². The molecule has 0 bridgehead atoms. The van der Waals surface area contributed by atoms with Crippen LogP contribution in [-0.2, 0) is 4.79 Å². The quantitative estimate of drug-likeness (QED) is 0.490. The number of primary amides is 1. The van der Waals surface area contributed by atoms with Crippen LogP contribution in [-0.4, -0.2) is 49.2 Å². The van der Waals surface area contributed by atoms with Gasteiger partial charge in [0, 0.05) is 29.6 Å². The van der Waals surface area contributed by atoms with Crippen molar-refractivity contribution in [2.45, 2.75) is 12.8 Å². The van der Waals surface area contributed by atoms with Crippen molar-refractivity contribution in [1.82, 2.24) is 4.90 Å². The lowest BCUT2D eigenvalue weighted by molar-refractivity contribution is -0.122. The van der Waals surface area contributed by atoms with Crippen LogP contribution in [0.5, 0.6) is 17.2 Å². The fourth-order valence-electron chi connectivity index (χ4n) is 3.31. The Hall–Kier alpha value is -2.51. The number of nitrogens with zero attached hydrogens (tertiary/aromatic N) is 1. The summed E-state index contributed by atoms with van der Waals surface area (Å²) in [4.78, 5) is 14.2. The first kappa shape index (κ1) is 22.2. The molecule has 0 atom stereocenters. The maximum Gasteiger partial charge on any atom is 0.220 e. The minimum atomic E-state index is -0.233. The molecule has 1 fully saturated rings. The number of benzene rings is 2. The van der Waals surface area contributed by atoms with E-state index in [4.69, 9.17) is 43.8 Å². The van der Waals surface area contributed by atoms with Crippen molar-refractivity contribution in [1.29, 1.82) is 0 Å². The lowest BCUT2D eigenvalue weighted by Crippen LogP contribution is -2.41. The first-order valence-corrected chi connectivity index (χ1v) is 10.5. The summed E-state index contributed by atoms with van der Waals surface area (Å²) in [6.07, 6.45) is 1.45. The number of nitrogens with two attached hydrogens (primary N) is 1. The number of hydrogen-bond donors (Lipinski definition) is 1. The molecule has 3 rings (SSSR count). The number of thiocarbonyl (C=S) groups is 1. The molecule has 0 aliphatic carbocycles. The molecule has 2 N–H and O–H groups in total. The van der Waals surface area contributed by atoms with Crippen molar-refractivity contribution in [3.8, 4) is 17.2 Å². The third-order valence-corrected chi connectivity index (χ3v) is 5.76. The zero-order valence-corrected chi connectivity index (χ0v) is 18.4. The monoisotopic (exact) mass is 448 g/mol. The lowest BCUT2D eigenvalue weighted by atomic mass is 9.96. The number of amides is 1. The Morgan fingerprint density at radius 2 is 1.77 bits per heavy atom. The SMILES string of the molecule is COc1cc(C(=S)N2CCC(C(N)=O)CC2)ccc1OCCOc1ccc(Cl)cc1. The highest BCUT2D eigenvalue weighted by Crippen LogP contribution is 2.29. The number of rotatable bonds is 8. The second kappa shape index (κ2) is 10.5. The average molecular weight is 449 g/mol. The van der Waals surface area contributed by atoms with E-state index in [0.29, 0.717) is 29.7 Å². The standard InChI is InChI=1S/C22H25ClN2O4S/c1-27-20-14-16(22(30)25-10-8-15(9-11-25)21(24)26)2-7-19(20)29-13-12-28-18-5-3-17(23)4-6-18/h2-7,14-15H,8-13H2,1H3,(H2,24,26). The number of carbonyl (C=O) groups is 1. The van der Waals surface area contributed by atoms with E-state index in [1.807, 2.05) is 30.3 Å². The normalized spacial score (nSPS) is 14.3. The number of carbonyl (C=O) groups excluding carboxylic acids is 1. The van der Waals surface area contributed by atoms with Crippen LogP contribution in [0.3, 0.4) is 0 Å². The minimum absolute atomic E-state index is 0.0653. The zero-order chi connectivity index (χ0) is 21.5. The Morgan fingerprint density at radius 1 is 1.10 bits per heavy atom. The number of hydrogen-bond acceptors (Lipinski definition) is 5. The molecular formula is C22H25ClN2O4S. The van der Waals surface area contributed by atoms with Crippen molar-refractivity contribution in [3.05, 3.63) is 53.1 Å². The van der Waals surface area contributed by atoms with Crippen LogP contribution in [0.1, 0.15) is 18.4 Å². The van der Waals surface area contributed by atoms with E-state index in [2.05, 4.69) is 4.90 Å². The summed E-state index contributed by atoms with van der Waals surface area (Å²) in [6.45, 7) is 2.19. The second-order valence-corrected chi connectivity index (χ2v) is 7.81. The first-order chi connectivity index (χ1) is 14.5. The molecule has 0 aromatic heterocycles. The maximum atomic E-state index is 11.4. The van der Waals surface area contributed by atoms with Crippen LogP contribution < -0.4 is 19.9 Å². The number of halogens is 1. The van der Waals surface area contributed by atoms with Gasteiger partial charge in [-0.3, -0.25) is 4.79 Å². The summed E-state index contributed by atoms with van der Waals surface area (Å²) in [7, 11) is 1.59. The van der Waals surface area contributed by atoms with Crippen LogP contribution >= 0.6 is 23.8 Å². The third-order valence-electron chi connectivity index (χ3n) is 5.02. The molecule has 0 spiro atoms. The summed E-state index contributed by atoms with van der Waals surface area (Å²) in [5.74, 6) is 1.66. The topological polar surface area (TPSA) is 74.0 Å². The van der Waals surface area contributed by atoms with Gasteiger partial charge in [0.05, 0.1) is 7.11 Å².